The van der Waals surface area contributed by atoms with E-state index in [0.29, 0.717) is 23.9 Å². The van der Waals surface area contributed by atoms with E-state index < -0.39 is 8.38 Å². The number of rotatable bonds is 5. The Bertz CT molecular complexity index is 733. The van der Waals surface area contributed by atoms with Crippen LogP contribution in [0.5, 0.6) is 5.75 Å². The maximum Gasteiger partial charge on any atom is 0.164 e. The van der Waals surface area contributed by atoms with Crippen LogP contribution in [0.1, 0.15) is 29.6 Å². The second kappa shape index (κ2) is 7.38. The molecule has 3 N–H and O–H groups in total. The SMILES string of the molecule is O=Cc1cc2ncnc(N3CCC(CCP(O)O)CC3)c2cc1O. The molecule has 1 aliphatic heterocycles. The van der Waals surface area contributed by atoms with Crippen molar-refractivity contribution in [1.29, 1.82) is 0 Å². The lowest BCUT2D eigenvalue weighted by molar-refractivity contribution is 0.112. The Kier molecular flexibility index (Phi) is 5.23. The van der Waals surface area contributed by atoms with E-state index in [1.165, 1.54) is 6.33 Å². The third-order valence-corrected chi connectivity index (χ3v) is 5.20. The number of carbonyl (C=O) groups is 1. The monoisotopic (exact) mass is 349 g/mol. The lowest BCUT2D eigenvalue weighted by atomic mass is 9.94. The van der Waals surface area contributed by atoms with E-state index in [-0.39, 0.29) is 11.3 Å². The zero-order chi connectivity index (χ0) is 17.1. The highest BCUT2D eigenvalue weighted by Crippen LogP contribution is 2.33. The maximum atomic E-state index is 11.0. The van der Waals surface area contributed by atoms with Crippen LogP contribution >= 0.6 is 8.38 Å². The van der Waals surface area contributed by atoms with Crippen LogP contribution in [0, 0.1) is 5.92 Å². The van der Waals surface area contributed by atoms with Crippen molar-refractivity contribution in [3.63, 3.8) is 0 Å². The van der Waals surface area contributed by atoms with Crippen LogP contribution in [-0.4, -0.2) is 50.4 Å². The van der Waals surface area contributed by atoms with Crippen LogP contribution in [0.25, 0.3) is 10.9 Å². The third kappa shape index (κ3) is 3.64. The Balaban J connectivity index is 1.78. The molecule has 0 aliphatic carbocycles. The van der Waals surface area contributed by atoms with Crippen molar-refractivity contribution in [2.45, 2.75) is 19.3 Å². The highest BCUT2D eigenvalue weighted by Gasteiger charge is 2.22. The largest absolute Gasteiger partial charge is 0.507 e. The molecule has 0 spiro atoms. The van der Waals surface area contributed by atoms with Crippen LogP contribution < -0.4 is 4.90 Å². The van der Waals surface area contributed by atoms with Gasteiger partial charge in [0.25, 0.3) is 0 Å². The Labute approximate surface area is 140 Å². The zero-order valence-corrected chi connectivity index (χ0v) is 14.1. The molecule has 8 heteroatoms. The summed E-state index contributed by atoms with van der Waals surface area (Å²) >= 11 is 0. The maximum absolute atomic E-state index is 11.0. The van der Waals surface area contributed by atoms with Gasteiger partial charge in [-0.1, -0.05) is 0 Å². The second-order valence-electron chi connectivity index (χ2n) is 6.06. The predicted molar refractivity (Wildman–Crippen MR) is 92.4 cm³/mol. The smallest absolute Gasteiger partial charge is 0.164 e. The minimum absolute atomic E-state index is 0.0670. The van der Waals surface area contributed by atoms with Crippen molar-refractivity contribution < 1.29 is 19.7 Å². The van der Waals surface area contributed by atoms with Crippen LogP contribution in [0.4, 0.5) is 5.82 Å². The van der Waals surface area contributed by atoms with Crippen molar-refractivity contribution in [3.8, 4) is 5.75 Å². The Morgan fingerprint density at radius 1 is 1.25 bits per heavy atom. The summed E-state index contributed by atoms with van der Waals surface area (Å²) in [5.74, 6) is 1.19. The minimum Gasteiger partial charge on any atom is -0.507 e. The first-order valence-corrected chi connectivity index (χ1v) is 9.35. The number of aromatic hydroxyl groups is 1. The van der Waals surface area contributed by atoms with E-state index in [1.807, 2.05) is 0 Å². The van der Waals surface area contributed by atoms with Crippen molar-refractivity contribution in [1.82, 2.24) is 9.97 Å². The molecular formula is C16H20N3O4P. The molecule has 0 amide bonds. The molecule has 1 aromatic carbocycles. The van der Waals surface area contributed by atoms with Crippen molar-refractivity contribution in [3.05, 3.63) is 24.0 Å². The van der Waals surface area contributed by atoms with Crippen LogP contribution in [0.15, 0.2) is 18.5 Å². The standard InChI is InChI=1S/C16H20N3O4P/c20-9-12-7-14-13(8-15(12)21)16(18-10-17-14)19-4-1-11(2-5-19)3-6-24(22)23/h7-11,21-23H,1-6H2. The second-order valence-corrected chi connectivity index (χ2v) is 7.25. The van der Waals surface area contributed by atoms with Crippen LogP contribution in [0.3, 0.4) is 0 Å². The van der Waals surface area contributed by atoms with Crippen molar-refractivity contribution in [2.75, 3.05) is 24.2 Å². The van der Waals surface area contributed by atoms with Gasteiger partial charge in [-0.2, -0.15) is 0 Å². The molecule has 1 aromatic heterocycles. The zero-order valence-electron chi connectivity index (χ0n) is 13.2. The highest BCUT2D eigenvalue weighted by atomic mass is 31.2. The van der Waals surface area contributed by atoms with Gasteiger partial charge >= 0.3 is 0 Å². The van der Waals surface area contributed by atoms with Gasteiger partial charge in [0.15, 0.2) is 14.7 Å². The number of anilines is 1. The third-order valence-electron chi connectivity index (χ3n) is 4.54. The lowest BCUT2D eigenvalue weighted by Crippen LogP contribution is -2.34. The molecule has 2 aromatic rings. The van der Waals surface area contributed by atoms with Crippen LogP contribution in [0.2, 0.25) is 0 Å². The molecule has 0 radical (unpaired) electrons. The number of hydrogen-bond acceptors (Lipinski definition) is 7. The van der Waals surface area contributed by atoms with Gasteiger partial charge < -0.3 is 19.8 Å². The van der Waals surface area contributed by atoms with Crippen molar-refractivity contribution in [2.24, 2.45) is 5.92 Å². The molecule has 7 nitrogen and oxygen atoms in total. The van der Waals surface area contributed by atoms with E-state index in [0.717, 1.165) is 43.6 Å². The number of aldehydes is 1. The highest BCUT2D eigenvalue weighted by molar-refractivity contribution is 7.45. The summed E-state index contributed by atoms with van der Waals surface area (Å²) < 4.78 is 0. The number of piperidine rings is 1. The summed E-state index contributed by atoms with van der Waals surface area (Å²) in [6.45, 7) is 1.64. The van der Waals surface area contributed by atoms with E-state index >= 15 is 0 Å². The molecule has 1 aliphatic rings. The number of fused-ring (bicyclic) bond motifs is 1. The summed E-state index contributed by atoms with van der Waals surface area (Å²) in [6.07, 6.45) is 5.32. The van der Waals surface area contributed by atoms with E-state index in [4.69, 9.17) is 9.79 Å². The number of aromatic nitrogens is 2. The van der Waals surface area contributed by atoms with Gasteiger partial charge in [-0.05, 0) is 37.3 Å². The van der Waals surface area contributed by atoms with Gasteiger partial charge in [0.2, 0.25) is 0 Å². The Morgan fingerprint density at radius 2 is 2.00 bits per heavy atom. The molecular weight excluding hydrogens is 329 g/mol. The van der Waals surface area contributed by atoms with Gasteiger partial charge in [-0.25, -0.2) is 9.97 Å². The first kappa shape index (κ1) is 17.0. The molecule has 0 saturated carbocycles. The molecule has 3 rings (SSSR count). The van der Waals surface area contributed by atoms with Crippen LogP contribution in [-0.2, 0) is 0 Å². The lowest BCUT2D eigenvalue weighted by Gasteiger charge is -2.33. The summed E-state index contributed by atoms with van der Waals surface area (Å²) in [5.41, 5.74) is 0.851. The normalized spacial score (nSPS) is 16.0. The molecule has 0 bridgehead atoms. The van der Waals surface area contributed by atoms with Gasteiger partial charge in [-0.3, -0.25) is 4.79 Å². The van der Waals surface area contributed by atoms with E-state index in [2.05, 4.69) is 14.9 Å². The number of carbonyl (C=O) groups excluding carboxylic acids is 1. The van der Waals surface area contributed by atoms with Crippen molar-refractivity contribution >= 4 is 31.4 Å². The number of phenolic OH excluding ortho intramolecular Hbond substituents is 1. The first-order valence-electron chi connectivity index (χ1n) is 7.91. The number of nitrogens with zero attached hydrogens (tertiary/aromatic N) is 3. The molecule has 128 valence electrons. The van der Waals surface area contributed by atoms with Gasteiger partial charge in [-0.15, -0.1) is 0 Å². The molecule has 0 unspecified atom stereocenters. The molecule has 1 fully saturated rings. The predicted octanol–water partition coefficient (Wildman–Crippen LogP) is 2.05. The minimum atomic E-state index is -1.80. The Morgan fingerprint density at radius 3 is 2.67 bits per heavy atom. The van der Waals surface area contributed by atoms with Gasteiger partial charge in [0.05, 0.1) is 11.1 Å². The number of benzene rings is 1. The average molecular weight is 349 g/mol. The molecule has 24 heavy (non-hydrogen) atoms. The van der Waals surface area contributed by atoms with Gasteiger partial charge in [0, 0.05) is 24.6 Å². The van der Waals surface area contributed by atoms with E-state index in [1.54, 1.807) is 12.1 Å². The fourth-order valence-corrected chi connectivity index (χ4v) is 3.77. The number of hydrogen-bond donors (Lipinski definition) is 3. The summed E-state index contributed by atoms with van der Waals surface area (Å²) in [6, 6.07) is 3.12. The summed E-state index contributed by atoms with van der Waals surface area (Å²) in [4.78, 5) is 39.8. The topological polar surface area (TPSA) is 107 Å². The Hall–Kier alpha value is -1.82. The van der Waals surface area contributed by atoms with Gasteiger partial charge in [0.1, 0.15) is 17.9 Å². The molecule has 0 atom stereocenters. The molecule has 2 heterocycles. The summed E-state index contributed by atoms with van der Waals surface area (Å²) in [7, 11) is -1.80. The fourth-order valence-electron chi connectivity index (χ4n) is 3.17. The summed E-state index contributed by atoms with van der Waals surface area (Å²) in [5, 5.41) is 10.7. The van der Waals surface area contributed by atoms with E-state index in [9.17, 15) is 9.90 Å². The number of phenols is 1. The first-order chi connectivity index (χ1) is 11.6. The fraction of sp³-hybridized carbons (Fsp3) is 0.438. The molecule has 1 saturated heterocycles. The average Bonchev–Trinajstić information content (AvgIpc) is 2.59. The quantitative estimate of drug-likeness (QED) is 0.560.